The van der Waals surface area contributed by atoms with Gasteiger partial charge < -0.3 is 39.8 Å². The lowest BCUT2D eigenvalue weighted by atomic mass is 9.93. The van der Waals surface area contributed by atoms with Crippen LogP contribution in [-0.4, -0.2) is 79.9 Å². The summed E-state index contributed by atoms with van der Waals surface area (Å²) >= 11 is 0. The molecule has 0 aliphatic carbocycles. The SMILES string of the molecule is COc1nc(N)nc2c1ncn2C1O[C@H](COc2ccc3ccccc3c2O/[P+]([O-])=N/[C@@H](C)C(=O)OCCC(C)(C)C)[C@@H](O)[C@@]1(C)O. The van der Waals surface area contributed by atoms with Crippen molar-refractivity contribution in [1.82, 2.24) is 19.5 Å². The molecule has 6 atom stereocenters. The minimum Gasteiger partial charge on any atom is -0.575 e. The predicted octanol–water partition coefficient (Wildman–Crippen LogP) is 3.26. The van der Waals surface area contributed by atoms with E-state index in [4.69, 9.17) is 29.2 Å². The maximum atomic E-state index is 13.1. The van der Waals surface area contributed by atoms with Crippen molar-refractivity contribution in [3.63, 3.8) is 0 Å². The average Bonchev–Trinajstić information content (AvgIpc) is 3.52. The number of benzene rings is 2. The fourth-order valence-electron chi connectivity index (χ4n) is 5.07. The van der Waals surface area contributed by atoms with Crippen LogP contribution in [0.2, 0.25) is 0 Å². The van der Waals surface area contributed by atoms with E-state index in [1.165, 1.54) is 31.9 Å². The van der Waals surface area contributed by atoms with Gasteiger partial charge in [-0.2, -0.15) is 9.97 Å². The van der Waals surface area contributed by atoms with Crippen molar-refractivity contribution >= 4 is 42.0 Å². The molecule has 3 heterocycles. The summed E-state index contributed by atoms with van der Waals surface area (Å²) in [7, 11) is -1.31. The highest BCUT2D eigenvalue weighted by Crippen LogP contribution is 2.43. The van der Waals surface area contributed by atoms with Crippen LogP contribution in [0.3, 0.4) is 0 Å². The first-order chi connectivity index (χ1) is 22.2. The maximum Gasteiger partial charge on any atom is 0.395 e. The Morgan fingerprint density at radius 2 is 2.00 bits per heavy atom. The quantitative estimate of drug-likeness (QED) is 0.155. The van der Waals surface area contributed by atoms with E-state index in [9.17, 15) is 19.9 Å². The highest BCUT2D eigenvalue weighted by atomic mass is 31.1. The monoisotopic (exact) mass is 670 g/mol. The third kappa shape index (κ3) is 7.39. The third-order valence-electron chi connectivity index (χ3n) is 7.73. The third-order valence-corrected chi connectivity index (χ3v) is 8.60. The van der Waals surface area contributed by atoms with E-state index < -0.39 is 44.2 Å². The molecule has 1 aliphatic rings. The second kappa shape index (κ2) is 13.5. The zero-order valence-electron chi connectivity index (χ0n) is 27.0. The molecule has 1 aliphatic heterocycles. The van der Waals surface area contributed by atoms with Crippen LogP contribution in [0.15, 0.2) is 47.5 Å². The normalized spacial score (nSPS) is 22.4. The van der Waals surface area contributed by atoms with Crippen molar-refractivity contribution < 1.29 is 43.4 Å². The number of aliphatic hydroxyl groups excluding tert-OH is 1. The van der Waals surface area contributed by atoms with Crippen molar-refractivity contribution in [2.75, 3.05) is 26.1 Å². The number of aromatic nitrogens is 4. The second-order valence-corrected chi connectivity index (χ2v) is 13.5. The first kappa shape index (κ1) is 34.2. The number of nitrogens with two attached hydrogens (primary N) is 1. The molecule has 0 saturated carbocycles. The van der Waals surface area contributed by atoms with Crippen LogP contribution in [0.1, 0.15) is 47.3 Å². The van der Waals surface area contributed by atoms with Crippen LogP contribution in [0.5, 0.6) is 17.4 Å². The number of fused-ring (bicyclic) bond motifs is 2. The van der Waals surface area contributed by atoms with Gasteiger partial charge in [-0.1, -0.05) is 55.8 Å². The Hall–Kier alpha value is -4.14. The molecule has 47 heavy (non-hydrogen) atoms. The molecule has 2 aromatic heterocycles. The second-order valence-electron chi connectivity index (χ2n) is 12.6. The number of carbonyl (C=O) groups is 1. The van der Waals surface area contributed by atoms with E-state index in [-0.39, 0.29) is 47.6 Å². The molecule has 0 radical (unpaired) electrons. The summed E-state index contributed by atoms with van der Waals surface area (Å²) in [4.78, 5) is 38.0. The van der Waals surface area contributed by atoms with E-state index in [1.807, 2.05) is 32.9 Å². The van der Waals surface area contributed by atoms with Crippen LogP contribution in [0.4, 0.5) is 5.95 Å². The van der Waals surface area contributed by atoms with Crippen molar-refractivity contribution in [2.24, 2.45) is 10.2 Å². The maximum absolute atomic E-state index is 13.1. The van der Waals surface area contributed by atoms with Gasteiger partial charge in [0.1, 0.15) is 24.4 Å². The number of esters is 1. The van der Waals surface area contributed by atoms with E-state index in [0.717, 1.165) is 5.39 Å². The van der Waals surface area contributed by atoms with Gasteiger partial charge in [0.05, 0.1) is 20.0 Å². The molecular weight excluding hydrogens is 631 g/mol. The van der Waals surface area contributed by atoms with Crippen molar-refractivity contribution in [3.8, 4) is 17.4 Å². The Morgan fingerprint density at radius 3 is 2.72 bits per heavy atom. The summed E-state index contributed by atoms with van der Waals surface area (Å²) in [6.45, 7) is 8.99. The topological polar surface area (TPSA) is 209 Å². The predicted molar refractivity (Wildman–Crippen MR) is 171 cm³/mol. The lowest BCUT2D eigenvalue weighted by Gasteiger charge is -2.27. The Kier molecular flexibility index (Phi) is 9.85. The standard InChI is InChI=1S/C31H39N6O9P/c1-17(27(39)43-14-13-30(2,3)4)36-47(41)46-23-19-10-8-7-9-18(19)11-12-20(23)44-15-21-24(38)31(5,40)28(45-21)37-16-33-22-25(37)34-29(32)35-26(22)42-6/h7-12,16-17,21,24,28,38,40H,13-15H2,1-6H3,(H2,32,34,35)/t17-,21+,24+,28?,31+/m0/s1. The van der Waals surface area contributed by atoms with Crippen LogP contribution in [-0.2, 0) is 14.3 Å². The van der Waals surface area contributed by atoms with Crippen LogP contribution < -0.4 is 24.6 Å². The number of nitrogens with zero attached hydrogens (tertiary/aromatic N) is 5. The van der Waals surface area contributed by atoms with Gasteiger partial charge in [0.25, 0.3) is 0 Å². The minimum absolute atomic E-state index is 0.0124. The largest absolute Gasteiger partial charge is 0.575 e. The number of hydrogen-bond donors (Lipinski definition) is 3. The number of rotatable bonds is 11. The van der Waals surface area contributed by atoms with Crippen molar-refractivity contribution in [2.45, 2.75) is 71.1 Å². The van der Waals surface area contributed by atoms with Gasteiger partial charge >= 0.3 is 14.1 Å². The minimum atomic E-state index is -2.73. The van der Waals surface area contributed by atoms with Crippen LogP contribution in [0, 0.1) is 5.41 Å². The Bertz CT molecular complexity index is 1790. The number of aliphatic hydroxyl groups is 2. The number of imidazole rings is 1. The lowest BCUT2D eigenvalue weighted by molar-refractivity contribution is -0.169. The molecular formula is C31H39N6O9P. The highest BCUT2D eigenvalue weighted by molar-refractivity contribution is 7.34. The highest BCUT2D eigenvalue weighted by Gasteiger charge is 2.54. The summed E-state index contributed by atoms with van der Waals surface area (Å²) in [6, 6.07) is 9.61. The fraction of sp³-hybridized carbons (Fsp3) is 0.484. The molecule has 0 amide bonds. The first-order valence-corrected chi connectivity index (χ1v) is 16.1. The van der Waals surface area contributed by atoms with E-state index in [0.29, 0.717) is 17.3 Å². The zero-order valence-corrected chi connectivity index (χ0v) is 27.9. The molecule has 4 N–H and O–H groups in total. The molecule has 2 unspecified atom stereocenters. The lowest BCUT2D eigenvalue weighted by Crippen LogP contribution is -2.44. The van der Waals surface area contributed by atoms with Crippen LogP contribution in [0.25, 0.3) is 21.9 Å². The number of carbonyl (C=O) groups excluding carboxylic acids is 1. The number of methoxy groups -OCH3 is 1. The molecule has 5 rings (SSSR count). The molecule has 1 saturated heterocycles. The smallest absolute Gasteiger partial charge is 0.395 e. The Labute approximate surface area is 272 Å². The fourth-order valence-corrected chi connectivity index (χ4v) is 5.84. The molecule has 16 heteroatoms. The number of anilines is 1. The molecule has 252 valence electrons. The van der Waals surface area contributed by atoms with Gasteiger partial charge in [-0.25, -0.2) is 9.78 Å². The number of nitrogen functional groups attached to an aromatic ring is 1. The van der Waals surface area contributed by atoms with E-state index in [2.05, 4.69) is 19.7 Å². The Balaban J connectivity index is 1.35. The summed E-state index contributed by atoms with van der Waals surface area (Å²) in [5.74, 6) is -0.236. The van der Waals surface area contributed by atoms with Gasteiger partial charge in [-0.15, -0.1) is 0 Å². The first-order valence-electron chi connectivity index (χ1n) is 15.0. The molecule has 15 nitrogen and oxygen atoms in total. The van der Waals surface area contributed by atoms with Gasteiger partial charge in [0, 0.05) is 5.39 Å². The molecule has 1 fully saturated rings. The van der Waals surface area contributed by atoms with Crippen molar-refractivity contribution in [1.29, 1.82) is 0 Å². The number of ether oxygens (including phenoxy) is 4. The van der Waals surface area contributed by atoms with Gasteiger partial charge in [0.2, 0.25) is 17.6 Å². The molecule has 0 bridgehead atoms. The van der Waals surface area contributed by atoms with E-state index in [1.54, 1.807) is 24.3 Å². The van der Waals surface area contributed by atoms with Gasteiger partial charge in [-0.05, 0) is 37.1 Å². The molecule has 2 aromatic carbocycles. The van der Waals surface area contributed by atoms with Gasteiger partial charge in [-0.3, -0.25) is 9.09 Å². The molecule has 4 aromatic rings. The Morgan fingerprint density at radius 1 is 1.26 bits per heavy atom. The van der Waals surface area contributed by atoms with Gasteiger partial charge in [0.15, 0.2) is 29.2 Å². The van der Waals surface area contributed by atoms with Crippen LogP contribution >= 0.6 is 8.17 Å². The number of hydrogen-bond acceptors (Lipinski definition) is 14. The summed E-state index contributed by atoms with van der Waals surface area (Å²) in [5.41, 5.74) is 4.55. The zero-order chi connectivity index (χ0) is 34.1. The van der Waals surface area contributed by atoms with Crippen molar-refractivity contribution in [3.05, 3.63) is 42.7 Å². The van der Waals surface area contributed by atoms with E-state index >= 15 is 0 Å². The molecule has 0 spiro atoms. The average molecular weight is 671 g/mol. The summed E-state index contributed by atoms with van der Waals surface area (Å²) in [5, 5.41) is 23.8. The summed E-state index contributed by atoms with van der Waals surface area (Å²) < 4.78 is 34.0. The summed E-state index contributed by atoms with van der Waals surface area (Å²) in [6.07, 6.45) is -1.54.